The Hall–Kier alpha value is -2.61. The lowest BCUT2D eigenvalue weighted by atomic mass is 10.3. The Bertz CT molecular complexity index is 1180. The fourth-order valence-electron chi connectivity index (χ4n) is 3.96. The highest BCUT2D eigenvalue weighted by Gasteiger charge is 2.43. The van der Waals surface area contributed by atoms with Crippen molar-refractivity contribution in [3.8, 4) is 5.75 Å². The van der Waals surface area contributed by atoms with Gasteiger partial charge in [-0.2, -0.15) is 9.97 Å². The zero-order valence-electron chi connectivity index (χ0n) is 19.1. The quantitative estimate of drug-likeness (QED) is 0.389. The monoisotopic (exact) mass is 491 g/mol. The van der Waals surface area contributed by atoms with Crippen LogP contribution in [0.1, 0.15) is 20.8 Å². The minimum atomic E-state index is -2.35. The summed E-state index contributed by atoms with van der Waals surface area (Å²) in [5.74, 6) is 1.65. The van der Waals surface area contributed by atoms with Crippen LogP contribution in [0, 0.1) is 0 Å². The van der Waals surface area contributed by atoms with Gasteiger partial charge < -0.3 is 25.3 Å². The third-order valence-corrected chi connectivity index (χ3v) is 9.16. The number of carbonyl (C=O) groups is 1. The number of nitrogens with one attached hydrogen (secondary N) is 3. The first-order valence-electron chi connectivity index (χ1n) is 10.8. The molecule has 33 heavy (non-hydrogen) atoms. The second-order valence-electron chi connectivity index (χ2n) is 8.44. The summed E-state index contributed by atoms with van der Waals surface area (Å²) >= 11 is 6.32. The van der Waals surface area contributed by atoms with Crippen LogP contribution in [0.4, 0.5) is 17.5 Å². The van der Waals surface area contributed by atoms with E-state index in [0.717, 1.165) is 10.7 Å². The number of aromatic amines is 1. The van der Waals surface area contributed by atoms with Crippen molar-refractivity contribution < 1.29 is 14.4 Å². The normalized spacial score (nSPS) is 15.7. The molecule has 176 valence electrons. The van der Waals surface area contributed by atoms with Crippen LogP contribution in [0.5, 0.6) is 5.75 Å². The highest BCUT2D eigenvalue weighted by atomic mass is 35.5. The van der Waals surface area contributed by atoms with E-state index < -0.39 is 7.49 Å². The smallest absolute Gasteiger partial charge is 0.231 e. The van der Waals surface area contributed by atoms with E-state index in [1.165, 1.54) is 0 Å². The molecule has 1 amide bonds. The summed E-state index contributed by atoms with van der Waals surface area (Å²) in [4.78, 5) is 37.0. The van der Waals surface area contributed by atoms with Crippen LogP contribution < -0.4 is 20.7 Å². The van der Waals surface area contributed by atoms with Crippen LogP contribution >= 0.6 is 19.1 Å². The van der Waals surface area contributed by atoms with Gasteiger partial charge in [0, 0.05) is 25.2 Å². The summed E-state index contributed by atoms with van der Waals surface area (Å²) in [7, 11) is -0.762. The Balaban J connectivity index is 1.62. The molecule has 3 heterocycles. The lowest BCUT2D eigenvalue weighted by molar-refractivity contribution is -0.128. The Morgan fingerprint density at radius 1 is 1.30 bits per heavy atom. The van der Waals surface area contributed by atoms with Gasteiger partial charge in [0.15, 0.2) is 7.49 Å². The number of nitrogens with zero attached hydrogens (tertiary/aromatic N) is 3. The average molecular weight is 492 g/mol. The molecule has 1 fully saturated rings. The van der Waals surface area contributed by atoms with Gasteiger partial charge in [-0.05, 0) is 26.0 Å². The van der Waals surface area contributed by atoms with E-state index in [-0.39, 0.29) is 11.9 Å². The van der Waals surface area contributed by atoms with Crippen molar-refractivity contribution in [2.75, 3.05) is 43.2 Å². The molecule has 0 bridgehead atoms. The van der Waals surface area contributed by atoms with Crippen molar-refractivity contribution >= 4 is 58.8 Å². The van der Waals surface area contributed by atoms with Gasteiger partial charge in [-0.1, -0.05) is 11.6 Å². The first-order chi connectivity index (χ1) is 15.7. The number of amides is 1. The number of halogens is 1. The van der Waals surface area contributed by atoms with Gasteiger partial charge in [0.25, 0.3) is 0 Å². The molecule has 0 saturated carbocycles. The summed E-state index contributed by atoms with van der Waals surface area (Å²) < 4.78 is 5.62. The van der Waals surface area contributed by atoms with E-state index in [1.54, 1.807) is 25.1 Å². The summed E-state index contributed by atoms with van der Waals surface area (Å²) in [6.45, 7) is 6.76. The van der Waals surface area contributed by atoms with Crippen molar-refractivity contribution in [3.63, 3.8) is 0 Å². The molecule has 0 spiro atoms. The Morgan fingerprint density at radius 3 is 2.67 bits per heavy atom. The summed E-state index contributed by atoms with van der Waals surface area (Å²) in [6, 6.07) is 5.82. The van der Waals surface area contributed by atoms with Crippen molar-refractivity contribution in [3.05, 3.63) is 29.4 Å². The zero-order valence-corrected chi connectivity index (χ0v) is 20.8. The predicted molar refractivity (Wildman–Crippen MR) is 135 cm³/mol. The molecule has 2 aromatic heterocycles. The number of carbonyl (C=O) groups excluding carboxylic acids is 1. The molecule has 11 heteroatoms. The van der Waals surface area contributed by atoms with Crippen LogP contribution in [-0.4, -0.2) is 69.2 Å². The van der Waals surface area contributed by atoms with Crippen LogP contribution in [0.2, 0.25) is 5.02 Å². The number of methoxy groups -OCH3 is 1. The molecular weight excluding hydrogens is 463 g/mol. The highest BCUT2D eigenvalue weighted by molar-refractivity contribution is 7.77. The predicted octanol–water partition coefficient (Wildman–Crippen LogP) is 3.60. The fraction of sp³-hybridized carbons (Fsp3) is 0.409. The van der Waals surface area contributed by atoms with E-state index in [1.807, 2.05) is 32.0 Å². The second-order valence-corrected chi connectivity index (χ2v) is 12.1. The number of benzene rings is 1. The lowest BCUT2D eigenvalue weighted by Crippen LogP contribution is -2.41. The third kappa shape index (κ3) is 4.86. The van der Waals surface area contributed by atoms with Crippen molar-refractivity contribution in [1.82, 2.24) is 19.9 Å². The fourth-order valence-corrected chi connectivity index (χ4v) is 6.79. The zero-order chi connectivity index (χ0) is 23.8. The van der Waals surface area contributed by atoms with Crippen LogP contribution in [0.15, 0.2) is 24.4 Å². The second kappa shape index (κ2) is 9.33. The number of anilines is 3. The standard InChI is InChI=1S/C22H29ClN6O3P/c1-13(2)25-21-19-16(23)12-24-20(19)27-22(28-21)26-17-6-5-15(11-18(17)32-4)33(31)9-7-29(8-10-33)14(3)30/h5-6,11-13,31H,7-10H2,1-4H3,(H3,24,25,26,27,28)/q+1. The molecule has 4 rings (SSSR count). The van der Waals surface area contributed by atoms with Gasteiger partial charge in [-0.25, -0.2) is 4.89 Å². The number of fused-ring (bicyclic) bond motifs is 1. The van der Waals surface area contributed by atoms with Crippen molar-refractivity contribution in [1.29, 1.82) is 0 Å². The molecule has 0 unspecified atom stereocenters. The third-order valence-electron chi connectivity index (χ3n) is 5.75. The van der Waals surface area contributed by atoms with Gasteiger partial charge >= 0.3 is 0 Å². The number of aromatic nitrogens is 3. The maximum absolute atomic E-state index is 11.6. The Kier molecular flexibility index (Phi) is 6.66. The minimum absolute atomic E-state index is 0.0463. The molecule has 9 nitrogen and oxygen atoms in total. The topological polar surface area (TPSA) is 115 Å². The Labute approximate surface area is 198 Å². The van der Waals surface area contributed by atoms with E-state index in [2.05, 4.69) is 25.6 Å². The van der Waals surface area contributed by atoms with Gasteiger partial charge in [0.05, 0.1) is 36.3 Å². The molecular formula is C22H29ClN6O3P+. The number of H-pyrrole nitrogens is 1. The Morgan fingerprint density at radius 2 is 2.03 bits per heavy atom. The molecule has 4 N–H and O–H groups in total. The average Bonchev–Trinajstić information content (AvgIpc) is 3.14. The summed E-state index contributed by atoms with van der Waals surface area (Å²) in [5, 5.41) is 8.70. The van der Waals surface area contributed by atoms with Crippen LogP contribution in [0.3, 0.4) is 0 Å². The van der Waals surface area contributed by atoms with E-state index in [9.17, 15) is 9.69 Å². The first-order valence-corrected chi connectivity index (χ1v) is 13.3. The number of ether oxygens (including phenoxy) is 1. The molecule has 1 saturated heterocycles. The molecule has 1 aromatic carbocycles. The van der Waals surface area contributed by atoms with Gasteiger partial charge in [-0.15, -0.1) is 0 Å². The molecule has 3 aromatic rings. The number of hydrogen-bond acceptors (Lipinski definition) is 7. The summed E-state index contributed by atoms with van der Waals surface area (Å²) in [5.41, 5.74) is 1.30. The van der Waals surface area contributed by atoms with E-state index in [4.69, 9.17) is 16.3 Å². The maximum Gasteiger partial charge on any atom is 0.231 e. The number of rotatable bonds is 6. The highest BCUT2D eigenvalue weighted by Crippen LogP contribution is 2.55. The number of hydrogen-bond donors (Lipinski definition) is 4. The van der Waals surface area contributed by atoms with E-state index in [0.29, 0.717) is 59.3 Å². The van der Waals surface area contributed by atoms with Crippen molar-refractivity contribution in [2.24, 2.45) is 0 Å². The van der Waals surface area contributed by atoms with Gasteiger partial charge in [0.1, 0.15) is 34.8 Å². The minimum Gasteiger partial charge on any atom is -0.494 e. The largest absolute Gasteiger partial charge is 0.494 e. The molecule has 0 atom stereocenters. The maximum atomic E-state index is 11.6. The summed E-state index contributed by atoms with van der Waals surface area (Å²) in [6.07, 6.45) is 2.85. The molecule has 0 radical (unpaired) electrons. The SMILES string of the molecule is COc1cc([P+]2(O)CCN(C(C)=O)CC2)ccc1Nc1nc(NC(C)C)c2c(Cl)c[nH]c2n1. The van der Waals surface area contributed by atoms with Gasteiger partial charge in [-0.3, -0.25) is 4.79 Å². The van der Waals surface area contributed by atoms with Gasteiger partial charge in [0.2, 0.25) is 11.9 Å². The molecule has 1 aliphatic rings. The molecule has 1 aliphatic heterocycles. The van der Waals surface area contributed by atoms with Crippen LogP contribution in [0.25, 0.3) is 11.0 Å². The van der Waals surface area contributed by atoms with Crippen LogP contribution in [-0.2, 0) is 4.79 Å². The molecule has 0 aliphatic carbocycles. The lowest BCUT2D eigenvalue weighted by Gasteiger charge is -2.31. The van der Waals surface area contributed by atoms with Crippen molar-refractivity contribution in [2.45, 2.75) is 26.8 Å². The van der Waals surface area contributed by atoms with E-state index >= 15 is 0 Å². The first kappa shape index (κ1) is 23.5.